The van der Waals surface area contributed by atoms with Gasteiger partial charge in [-0.1, -0.05) is 23.8 Å². The maximum absolute atomic E-state index is 11.5. The number of aryl methyl sites for hydroxylation is 2. The Bertz CT molecular complexity index is 388. The molecule has 0 spiro atoms. The molecule has 0 aliphatic rings. The molecule has 0 heterocycles. The minimum absolute atomic E-state index is 0.0228. The second-order valence-corrected chi connectivity index (χ2v) is 4.21. The van der Waals surface area contributed by atoms with Crippen LogP contribution in [0.15, 0.2) is 18.2 Å². The zero-order valence-electron chi connectivity index (χ0n) is 11.0. The first-order valence-electron chi connectivity index (χ1n) is 5.98. The van der Waals surface area contributed by atoms with E-state index < -0.39 is 0 Å². The van der Waals surface area contributed by atoms with Gasteiger partial charge in [-0.25, -0.2) is 0 Å². The molecule has 0 aromatic heterocycles. The summed E-state index contributed by atoms with van der Waals surface area (Å²) in [5.74, 6) is -0.160. The molecule has 1 N–H and O–H groups in total. The Hall–Kier alpha value is -1.35. The Balaban J connectivity index is 2.82. The summed E-state index contributed by atoms with van der Waals surface area (Å²) in [5.41, 5.74) is 3.59. The number of rotatable bonds is 5. The number of hydrogen-bond acceptors (Lipinski definition) is 3. The van der Waals surface area contributed by atoms with Crippen LogP contribution < -0.4 is 5.32 Å². The fourth-order valence-corrected chi connectivity index (χ4v) is 1.97. The van der Waals surface area contributed by atoms with Crippen LogP contribution in [0.5, 0.6) is 0 Å². The third-order valence-electron chi connectivity index (χ3n) is 2.83. The second kappa shape index (κ2) is 6.40. The van der Waals surface area contributed by atoms with Crippen molar-refractivity contribution < 1.29 is 9.53 Å². The summed E-state index contributed by atoms with van der Waals surface area (Å²) < 4.78 is 4.98. The Morgan fingerprint density at radius 2 is 2.12 bits per heavy atom. The van der Waals surface area contributed by atoms with Crippen LogP contribution in [0.4, 0.5) is 0 Å². The predicted molar refractivity (Wildman–Crippen MR) is 69.0 cm³/mol. The second-order valence-electron chi connectivity index (χ2n) is 4.21. The Morgan fingerprint density at radius 1 is 1.41 bits per heavy atom. The van der Waals surface area contributed by atoms with Gasteiger partial charge in [-0.05, 0) is 38.9 Å². The van der Waals surface area contributed by atoms with Crippen molar-refractivity contribution in [2.75, 3.05) is 13.7 Å². The highest BCUT2D eigenvalue weighted by atomic mass is 16.5. The van der Waals surface area contributed by atoms with Gasteiger partial charge in [-0.2, -0.15) is 0 Å². The third-order valence-corrected chi connectivity index (χ3v) is 2.83. The molecule has 1 aromatic rings. The quantitative estimate of drug-likeness (QED) is 0.797. The van der Waals surface area contributed by atoms with Crippen LogP contribution in [-0.2, 0) is 9.53 Å². The van der Waals surface area contributed by atoms with E-state index in [4.69, 9.17) is 4.74 Å². The van der Waals surface area contributed by atoms with E-state index in [1.807, 2.05) is 14.0 Å². The van der Waals surface area contributed by atoms with Gasteiger partial charge in [0.2, 0.25) is 0 Å². The van der Waals surface area contributed by atoms with Crippen LogP contribution in [0.3, 0.4) is 0 Å². The number of hydrogen-bond donors (Lipinski definition) is 1. The number of ether oxygens (including phenoxy) is 1. The van der Waals surface area contributed by atoms with E-state index in [9.17, 15) is 4.79 Å². The molecule has 17 heavy (non-hydrogen) atoms. The van der Waals surface area contributed by atoms with E-state index in [2.05, 4.69) is 37.4 Å². The van der Waals surface area contributed by atoms with Gasteiger partial charge in [-0.15, -0.1) is 0 Å². The lowest BCUT2D eigenvalue weighted by atomic mass is 9.97. The molecule has 0 fully saturated rings. The van der Waals surface area contributed by atoms with E-state index in [1.54, 1.807) is 0 Å². The molecule has 0 saturated heterocycles. The smallest absolute Gasteiger partial charge is 0.307 e. The number of nitrogens with one attached hydrogen (secondary N) is 1. The maximum atomic E-state index is 11.5. The third kappa shape index (κ3) is 3.86. The van der Waals surface area contributed by atoms with Crippen molar-refractivity contribution in [2.45, 2.75) is 33.2 Å². The molecule has 1 rings (SSSR count). The summed E-state index contributed by atoms with van der Waals surface area (Å²) in [7, 11) is 1.86. The zero-order valence-corrected chi connectivity index (χ0v) is 11.0. The van der Waals surface area contributed by atoms with Gasteiger partial charge in [0.1, 0.15) is 0 Å². The molecule has 0 aliphatic carbocycles. The van der Waals surface area contributed by atoms with Crippen LogP contribution in [-0.4, -0.2) is 19.6 Å². The standard InChI is InChI=1S/C14H21NO2/c1-5-17-14(16)9-13(15-4)12-7-6-10(2)8-11(12)3/h6-8,13,15H,5,9H2,1-4H3. The molecular weight excluding hydrogens is 214 g/mol. The average Bonchev–Trinajstić information content (AvgIpc) is 2.27. The van der Waals surface area contributed by atoms with E-state index in [0.717, 1.165) is 5.56 Å². The maximum Gasteiger partial charge on any atom is 0.307 e. The van der Waals surface area contributed by atoms with Crippen LogP contribution >= 0.6 is 0 Å². The van der Waals surface area contributed by atoms with Crippen LogP contribution in [0.25, 0.3) is 0 Å². The lowest BCUT2D eigenvalue weighted by Gasteiger charge is -2.18. The van der Waals surface area contributed by atoms with E-state index in [0.29, 0.717) is 13.0 Å². The van der Waals surface area contributed by atoms with Crippen molar-refractivity contribution in [3.8, 4) is 0 Å². The molecule has 0 radical (unpaired) electrons. The summed E-state index contributed by atoms with van der Waals surface area (Å²) in [5, 5.41) is 3.17. The van der Waals surface area contributed by atoms with Gasteiger partial charge < -0.3 is 10.1 Å². The molecule has 1 atom stereocenters. The molecule has 0 bridgehead atoms. The lowest BCUT2D eigenvalue weighted by Crippen LogP contribution is -2.22. The van der Waals surface area contributed by atoms with Gasteiger partial charge in [-0.3, -0.25) is 4.79 Å². The van der Waals surface area contributed by atoms with Gasteiger partial charge in [0.05, 0.1) is 13.0 Å². The van der Waals surface area contributed by atoms with Gasteiger partial charge in [0.15, 0.2) is 0 Å². The first-order chi connectivity index (χ1) is 8.08. The van der Waals surface area contributed by atoms with Crippen LogP contribution in [0.1, 0.15) is 36.1 Å². The molecule has 3 nitrogen and oxygen atoms in total. The molecule has 94 valence electrons. The van der Waals surface area contributed by atoms with Crippen molar-refractivity contribution in [2.24, 2.45) is 0 Å². The Kier molecular flexibility index (Phi) is 5.16. The van der Waals surface area contributed by atoms with Crippen molar-refractivity contribution in [3.63, 3.8) is 0 Å². The summed E-state index contributed by atoms with van der Waals surface area (Å²) in [4.78, 5) is 11.5. The molecule has 0 amide bonds. The molecule has 1 aromatic carbocycles. The molecule has 0 saturated carbocycles. The monoisotopic (exact) mass is 235 g/mol. The number of esters is 1. The van der Waals surface area contributed by atoms with Gasteiger partial charge >= 0.3 is 5.97 Å². The van der Waals surface area contributed by atoms with E-state index in [-0.39, 0.29) is 12.0 Å². The van der Waals surface area contributed by atoms with E-state index in [1.165, 1.54) is 11.1 Å². The van der Waals surface area contributed by atoms with Crippen molar-refractivity contribution in [1.82, 2.24) is 5.32 Å². The SMILES string of the molecule is CCOC(=O)CC(NC)c1ccc(C)cc1C. The topological polar surface area (TPSA) is 38.3 Å². The normalized spacial score (nSPS) is 12.2. The summed E-state index contributed by atoms with van der Waals surface area (Å²) in [6.07, 6.45) is 0.369. The highest BCUT2D eigenvalue weighted by Gasteiger charge is 2.16. The largest absolute Gasteiger partial charge is 0.466 e. The summed E-state index contributed by atoms with van der Waals surface area (Å²) >= 11 is 0. The molecule has 0 aliphatic heterocycles. The molecule has 1 unspecified atom stereocenters. The summed E-state index contributed by atoms with van der Waals surface area (Å²) in [6.45, 7) is 6.39. The fraction of sp³-hybridized carbons (Fsp3) is 0.500. The number of benzene rings is 1. The number of carbonyl (C=O) groups excluding carboxylic acids is 1. The molecular formula is C14H21NO2. The predicted octanol–water partition coefficient (Wildman–Crippen LogP) is 2.52. The van der Waals surface area contributed by atoms with Crippen molar-refractivity contribution >= 4 is 5.97 Å². The highest BCUT2D eigenvalue weighted by molar-refractivity contribution is 5.70. The first-order valence-corrected chi connectivity index (χ1v) is 5.98. The first kappa shape index (κ1) is 13.7. The lowest BCUT2D eigenvalue weighted by molar-refractivity contribution is -0.143. The van der Waals surface area contributed by atoms with Crippen molar-refractivity contribution in [1.29, 1.82) is 0 Å². The average molecular weight is 235 g/mol. The fourth-order valence-electron chi connectivity index (χ4n) is 1.97. The van der Waals surface area contributed by atoms with Crippen molar-refractivity contribution in [3.05, 3.63) is 34.9 Å². The van der Waals surface area contributed by atoms with Crippen LogP contribution in [0, 0.1) is 13.8 Å². The van der Waals surface area contributed by atoms with Gasteiger partial charge in [0, 0.05) is 6.04 Å². The van der Waals surface area contributed by atoms with Gasteiger partial charge in [0.25, 0.3) is 0 Å². The highest BCUT2D eigenvalue weighted by Crippen LogP contribution is 2.21. The minimum Gasteiger partial charge on any atom is -0.466 e. The number of carbonyl (C=O) groups is 1. The Labute approximate surface area is 103 Å². The zero-order chi connectivity index (χ0) is 12.8. The minimum atomic E-state index is -0.160. The van der Waals surface area contributed by atoms with Crippen LogP contribution in [0.2, 0.25) is 0 Å². The summed E-state index contributed by atoms with van der Waals surface area (Å²) in [6, 6.07) is 6.29. The molecule has 3 heteroatoms. The van der Waals surface area contributed by atoms with E-state index >= 15 is 0 Å². The Morgan fingerprint density at radius 3 is 2.65 bits per heavy atom.